The van der Waals surface area contributed by atoms with Crippen LogP contribution in [-0.4, -0.2) is 33.7 Å². The molecule has 1 atom stereocenters. The predicted octanol–water partition coefficient (Wildman–Crippen LogP) is 3.78. The number of ether oxygens (including phenoxy) is 1. The first-order valence-electron chi connectivity index (χ1n) is 8.08. The summed E-state index contributed by atoms with van der Waals surface area (Å²) in [4.78, 5) is 12.4. The van der Waals surface area contributed by atoms with Crippen LogP contribution in [-0.2, 0) is 14.8 Å². The molecule has 2 aromatic rings. The average Bonchev–Trinajstić information content (AvgIpc) is 2.61. The van der Waals surface area contributed by atoms with Crippen LogP contribution >= 0.6 is 15.9 Å². The van der Waals surface area contributed by atoms with Gasteiger partial charge in [-0.25, -0.2) is 12.8 Å². The van der Waals surface area contributed by atoms with Crippen LogP contribution in [0.2, 0.25) is 0 Å². The molecule has 2 rings (SSSR count). The van der Waals surface area contributed by atoms with Gasteiger partial charge in [0.25, 0.3) is 5.91 Å². The first-order chi connectivity index (χ1) is 12.6. The van der Waals surface area contributed by atoms with Gasteiger partial charge in [-0.15, -0.1) is 0 Å². The molecule has 2 aromatic carbocycles. The minimum Gasteiger partial charge on any atom is -0.481 e. The van der Waals surface area contributed by atoms with Crippen molar-refractivity contribution in [3.63, 3.8) is 0 Å². The zero-order valence-electron chi connectivity index (χ0n) is 15.1. The van der Waals surface area contributed by atoms with E-state index < -0.39 is 27.9 Å². The SMILES string of the molecule is CCC(Oc1ccc(N(C)S(C)(=O)=O)cc1)C(=O)Nc1ccc(Br)cc1F. The first kappa shape index (κ1) is 21.2. The maximum absolute atomic E-state index is 13.9. The summed E-state index contributed by atoms with van der Waals surface area (Å²) in [6.07, 6.45) is 0.650. The number of halogens is 2. The zero-order valence-corrected chi connectivity index (χ0v) is 17.5. The van der Waals surface area contributed by atoms with Gasteiger partial charge in [0.15, 0.2) is 6.10 Å². The lowest BCUT2D eigenvalue weighted by Crippen LogP contribution is -2.32. The maximum atomic E-state index is 13.9. The van der Waals surface area contributed by atoms with E-state index in [0.29, 0.717) is 22.3 Å². The van der Waals surface area contributed by atoms with E-state index in [1.54, 1.807) is 37.3 Å². The molecule has 0 aliphatic rings. The van der Waals surface area contributed by atoms with E-state index in [2.05, 4.69) is 21.2 Å². The highest BCUT2D eigenvalue weighted by molar-refractivity contribution is 9.10. The molecule has 0 heterocycles. The second-order valence-corrected chi connectivity index (χ2v) is 8.78. The van der Waals surface area contributed by atoms with Gasteiger partial charge < -0.3 is 10.1 Å². The number of carbonyl (C=O) groups is 1. The van der Waals surface area contributed by atoms with E-state index in [0.717, 1.165) is 10.6 Å². The predicted molar refractivity (Wildman–Crippen MR) is 107 cm³/mol. The number of sulfonamides is 1. The molecule has 9 heteroatoms. The maximum Gasteiger partial charge on any atom is 0.265 e. The molecule has 0 aliphatic carbocycles. The Balaban J connectivity index is 2.08. The Labute approximate surface area is 166 Å². The molecule has 0 saturated heterocycles. The summed E-state index contributed by atoms with van der Waals surface area (Å²) in [5.41, 5.74) is 0.537. The molecule has 6 nitrogen and oxygen atoms in total. The molecule has 0 fully saturated rings. The normalized spacial score (nSPS) is 12.3. The van der Waals surface area contributed by atoms with Crippen LogP contribution in [0.15, 0.2) is 46.9 Å². The standard InChI is InChI=1S/C18H20BrFN2O4S/c1-4-17(18(23)21-16-10-5-12(19)11-15(16)20)26-14-8-6-13(7-9-14)22(2)27(3,24)25/h5-11,17H,4H2,1-3H3,(H,21,23). The topological polar surface area (TPSA) is 75.7 Å². The molecule has 0 bridgehead atoms. The molecule has 1 amide bonds. The zero-order chi connectivity index (χ0) is 20.2. The second-order valence-electron chi connectivity index (χ2n) is 5.85. The average molecular weight is 459 g/mol. The van der Waals surface area contributed by atoms with Gasteiger partial charge in [-0.2, -0.15) is 0 Å². The second kappa shape index (κ2) is 8.71. The monoisotopic (exact) mass is 458 g/mol. The van der Waals surface area contributed by atoms with Crippen LogP contribution in [0.1, 0.15) is 13.3 Å². The summed E-state index contributed by atoms with van der Waals surface area (Å²) in [6.45, 7) is 1.77. The summed E-state index contributed by atoms with van der Waals surface area (Å²) in [5, 5.41) is 2.51. The summed E-state index contributed by atoms with van der Waals surface area (Å²) in [6, 6.07) is 10.6. The highest BCUT2D eigenvalue weighted by Crippen LogP contribution is 2.23. The van der Waals surface area contributed by atoms with Crippen molar-refractivity contribution in [1.82, 2.24) is 0 Å². The highest BCUT2D eigenvalue weighted by atomic mass is 79.9. The third-order valence-electron chi connectivity index (χ3n) is 3.83. The lowest BCUT2D eigenvalue weighted by Gasteiger charge is -2.19. The Hall–Kier alpha value is -2.13. The molecule has 27 heavy (non-hydrogen) atoms. The minimum absolute atomic E-state index is 0.0652. The van der Waals surface area contributed by atoms with E-state index in [1.807, 2.05) is 0 Å². The number of anilines is 2. The highest BCUT2D eigenvalue weighted by Gasteiger charge is 2.20. The fourth-order valence-corrected chi connectivity index (χ4v) is 3.05. The van der Waals surface area contributed by atoms with E-state index in [1.165, 1.54) is 19.2 Å². The summed E-state index contributed by atoms with van der Waals surface area (Å²) in [7, 11) is -1.92. The molecular formula is C18H20BrFN2O4S. The molecule has 146 valence electrons. The van der Waals surface area contributed by atoms with Gasteiger partial charge in [-0.1, -0.05) is 22.9 Å². The smallest absolute Gasteiger partial charge is 0.265 e. The molecule has 1 unspecified atom stereocenters. The van der Waals surface area contributed by atoms with E-state index in [4.69, 9.17) is 4.74 Å². The molecular weight excluding hydrogens is 439 g/mol. The molecule has 0 aromatic heterocycles. The fraction of sp³-hybridized carbons (Fsp3) is 0.278. The van der Waals surface area contributed by atoms with Crippen molar-refractivity contribution < 1.29 is 22.3 Å². The first-order valence-corrected chi connectivity index (χ1v) is 10.7. The number of hydrogen-bond donors (Lipinski definition) is 1. The Bertz CT molecular complexity index is 919. The van der Waals surface area contributed by atoms with E-state index in [-0.39, 0.29) is 5.69 Å². The van der Waals surface area contributed by atoms with Crippen molar-refractivity contribution in [3.05, 3.63) is 52.8 Å². The third kappa shape index (κ3) is 5.67. The van der Waals surface area contributed by atoms with Gasteiger partial charge in [-0.3, -0.25) is 9.10 Å². The van der Waals surface area contributed by atoms with Crippen molar-refractivity contribution in [1.29, 1.82) is 0 Å². The number of nitrogens with zero attached hydrogens (tertiary/aromatic N) is 1. The summed E-state index contributed by atoms with van der Waals surface area (Å²) in [5.74, 6) is -0.629. The number of benzene rings is 2. The van der Waals surface area contributed by atoms with Gasteiger partial charge in [0.2, 0.25) is 10.0 Å². The molecule has 0 radical (unpaired) electrons. The Morgan fingerprint density at radius 3 is 2.41 bits per heavy atom. The van der Waals surface area contributed by atoms with Crippen LogP contribution < -0.4 is 14.4 Å². The van der Waals surface area contributed by atoms with Crippen molar-refractivity contribution in [3.8, 4) is 5.75 Å². The van der Waals surface area contributed by atoms with Crippen LogP contribution in [0.5, 0.6) is 5.75 Å². The fourth-order valence-electron chi connectivity index (χ4n) is 2.22. The Kier molecular flexibility index (Phi) is 6.83. The van der Waals surface area contributed by atoms with Crippen LogP contribution in [0.4, 0.5) is 15.8 Å². The van der Waals surface area contributed by atoms with Crippen LogP contribution in [0.25, 0.3) is 0 Å². The minimum atomic E-state index is -3.36. The number of hydrogen-bond acceptors (Lipinski definition) is 4. The molecule has 0 aliphatic heterocycles. The Morgan fingerprint density at radius 2 is 1.89 bits per heavy atom. The van der Waals surface area contributed by atoms with Gasteiger partial charge in [0.1, 0.15) is 11.6 Å². The summed E-state index contributed by atoms with van der Waals surface area (Å²) < 4.78 is 44.4. The van der Waals surface area contributed by atoms with Gasteiger partial charge in [0, 0.05) is 11.5 Å². The van der Waals surface area contributed by atoms with Crippen molar-refractivity contribution in [2.75, 3.05) is 22.9 Å². The Morgan fingerprint density at radius 1 is 1.26 bits per heavy atom. The third-order valence-corrected chi connectivity index (χ3v) is 5.53. The van der Waals surface area contributed by atoms with Crippen molar-refractivity contribution in [2.45, 2.75) is 19.4 Å². The van der Waals surface area contributed by atoms with Gasteiger partial charge >= 0.3 is 0 Å². The quantitative estimate of drug-likeness (QED) is 0.684. The number of rotatable bonds is 7. The largest absolute Gasteiger partial charge is 0.481 e. The molecule has 0 saturated carbocycles. The summed E-state index contributed by atoms with van der Waals surface area (Å²) >= 11 is 3.16. The van der Waals surface area contributed by atoms with Crippen molar-refractivity contribution in [2.24, 2.45) is 0 Å². The molecule has 0 spiro atoms. The lowest BCUT2D eigenvalue weighted by molar-refractivity contribution is -0.122. The van der Waals surface area contributed by atoms with Crippen LogP contribution in [0, 0.1) is 5.82 Å². The van der Waals surface area contributed by atoms with E-state index >= 15 is 0 Å². The number of amides is 1. The van der Waals surface area contributed by atoms with Crippen molar-refractivity contribution >= 4 is 43.2 Å². The number of carbonyl (C=O) groups excluding carboxylic acids is 1. The van der Waals surface area contributed by atoms with Gasteiger partial charge in [0.05, 0.1) is 17.6 Å². The lowest BCUT2D eigenvalue weighted by atomic mass is 10.2. The van der Waals surface area contributed by atoms with Crippen LogP contribution in [0.3, 0.4) is 0 Å². The van der Waals surface area contributed by atoms with E-state index in [9.17, 15) is 17.6 Å². The van der Waals surface area contributed by atoms with Gasteiger partial charge in [-0.05, 0) is 48.9 Å². The molecule has 1 N–H and O–H groups in total. The number of nitrogens with one attached hydrogen (secondary N) is 1.